The summed E-state index contributed by atoms with van der Waals surface area (Å²) >= 11 is 0. The second kappa shape index (κ2) is 6.91. The van der Waals surface area contributed by atoms with Crippen molar-refractivity contribution in [2.75, 3.05) is 18.4 Å². The van der Waals surface area contributed by atoms with E-state index in [2.05, 4.69) is 16.7 Å². The first-order valence-corrected chi connectivity index (χ1v) is 6.78. The molecule has 100 valence electrons. The monoisotopic (exact) mass is 257 g/mol. The van der Waals surface area contributed by atoms with E-state index in [1.807, 2.05) is 0 Å². The highest BCUT2D eigenvalue weighted by atomic mass is 16.1. The number of amides is 1. The molecular formula is C15H19N3O. The summed E-state index contributed by atoms with van der Waals surface area (Å²) in [5.74, 6) is 0.733. The van der Waals surface area contributed by atoms with Crippen molar-refractivity contribution in [3.8, 4) is 6.07 Å². The molecule has 1 aliphatic heterocycles. The predicted octanol–water partition coefficient (Wildman–Crippen LogP) is 2.28. The highest BCUT2D eigenvalue weighted by Gasteiger charge is 2.14. The van der Waals surface area contributed by atoms with E-state index in [0.717, 1.165) is 25.2 Å². The topological polar surface area (TPSA) is 64.9 Å². The van der Waals surface area contributed by atoms with Crippen molar-refractivity contribution in [1.29, 1.82) is 5.26 Å². The van der Waals surface area contributed by atoms with Crippen LogP contribution in [-0.4, -0.2) is 19.0 Å². The summed E-state index contributed by atoms with van der Waals surface area (Å²) in [7, 11) is 0. The summed E-state index contributed by atoms with van der Waals surface area (Å²) in [5.41, 5.74) is 1.36. The van der Waals surface area contributed by atoms with Crippen molar-refractivity contribution in [3.05, 3.63) is 29.8 Å². The Morgan fingerprint density at radius 1 is 1.32 bits per heavy atom. The van der Waals surface area contributed by atoms with E-state index in [-0.39, 0.29) is 5.91 Å². The molecule has 0 aliphatic carbocycles. The lowest BCUT2D eigenvalue weighted by Crippen LogP contribution is -2.28. The molecule has 2 rings (SSSR count). The Morgan fingerprint density at radius 3 is 2.63 bits per heavy atom. The molecule has 0 atom stereocenters. The van der Waals surface area contributed by atoms with Gasteiger partial charge in [0.1, 0.15) is 0 Å². The molecule has 0 radical (unpaired) electrons. The SMILES string of the molecule is N#Cc1ccc(NC(=O)CCC2CCNCC2)cc1. The molecule has 2 N–H and O–H groups in total. The summed E-state index contributed by atoms with van der Waals surface area (Å²) in [4.78, 5) is 11.8. The minimum atomic E-state index is 0.0586. The summed E-state index contributed by atoms with van der Waals surface area (Å²) in [6.07, 6.45) is 3.88. The lowest BCUT2D eigenvalue weighted by Gasteiger charge is -2.22. The third kappa shape index (κ3) is 4.38. The second-order valence-electron chi connectivity index (χ2n) is 4.97. The summed E-state index contributed by atoms with van der Waals surface area (Å²) < 4.78 is 0. The van der Waals surface area contributed by atoms with Gasteiger partial charge in [-0.1, -0.05) is 0 Å². The number of hydrogen-bond donors (Lipinski definition) is 2. The van der Waals surface area contributed by atoms with Crippen molar-refractivity contribution in [3.63, 3.8) is 0 Å². The van der Waals surface area contributed by atoms with E-state index in [0.29, 0.717) is 17.9 Å². The highest BCUT2D eigenvalue weighted by molar-refractivity contribution is 5.90. The number of carbonyl (C=O) groups excluding carboxylic acids is 1. The molecule has 0 aromatic heterocycles. The number of anilines is 1. The average molecular weight is 257 g/mol. The molecule has 0 saturated carbocycles. The zero-order chi connectivity index (χ0) is 13.5. The van der Waals surface area contributed by atoms with Crippen molar-refractivity contribution in [2.24, 2.45) is 5.92 Å². The molecular weight excluding hydrogens is 238 g/mol. The maximum Gasteiger partial charge on any atom is 0.224 e. The minimum Gasteiger partial charge on any atom is -0.326 e. The number of nitrogens with one attached hydrogen (secondary N) is 2. The lowest BCUT2D eigenvalue weighted by molar-refractivity contribution is -0.116. The molecule has 1 amide bonds. The van der Waals surface area contributed by atoms with Crippen LogP contribution in [-0.2, 0) is 4.79 Å². The summed E-state index contributed by atoms with van der Waals surface area (Å²) in [6, 6.07) is 9.01. The first-order valence-electron chi connectivity index (χ1n) is 6.78. The van der Waals surface area contributed by atoms with Crippen molar-refractivity contribution in [2.45, 2.75) is 25.7 Å². The van der Waals surface area contributed by atoms with Crippen molar-refractivity contribution < 1.29 is 4.79 Å². The van der Waals surface area contributed by atoms with Crippen LogP contribution in [0.4, 0.5) is 5.69 Å². The Balaban J connectivity index is 1.75. The Labute approximate surface area is 113 Å². The minimum absolute atomic E-state index is 0.0586. The van der Waals surface area contributed by atoms with Gasteiger partial charge < -0.3 is 10.6 Å². The number of hydrogen-bond acceptors (Lipinski definition) is 3. The molecule has 0 bridgehead atoms. The van der Waals surface area contributed by atoms with Gasteiger partial charge in [0.25, 0.3) is 0 Å². The van der Waals surface area contributed by atoms with E-state index in [1.54, 1.807) is 24.3 Å². The van der Waals surface area contributed by atoms with E-state index < -0.39 is 0 Å². The molecule has 1 aliphatic rings. The Hall–Kier alpha value is -1.86. The molecule has 1 fully saturated rings. The van der Waals surface area contributed by atoms with Crippen LogP contribution in [0.15, 0.2) is 24.3 Å². The fourth-order valence-corrected chi connectivity index (χ4v) is 2.36. The van der Waals surface area contributed by atoms with Crippen LogP contribution in [0.3, 0.4) is 0 Å². The van der Waals surface area contributed by atoms with Gasteiger partial charge in [-0.2, -0.15) is 5.26 Å². The van der Waals surface area contributed by atoms with Crippen LogP contribution >= 0.6 is 0 Å². The van der Waals surface area contributed by atoms with E-state index in [4.69, 9.17) is 5.26 Å². The zero-order valence-electron chi connectivity index (χ0n) is 11.0. The fourth-order valence-electron chi connectivity index (χ4n) is 2.36. The zero-order valence-corrected chi connectivity index (χ0v) is 11.0. The van der Waals surface area contributed by atoms with Gasteiger partial charge in [-0.05, 0) is 62.5 Å². The normalized spacial score (nSPS) is 15.7. The Morgan fingerprint density at radius 2 is 2.00 bits per heavy atom. The maximum absolute atomic E-state index is 11.8. The van der Waals surface area contributed by atoms with Crippen LogP contribution in [0.25, 0.3) is 0 Å². The quantitative estimate of drug-likeness (QED) is 0.869. The Kier molecular flexibility index (Phi) is 4.93. The molecule has 1 heterocycles. The van der Waals surface area contributed by atoms with E-state index in [1.165, 1.54) is 12.8 Å². The number of piperidine rings is 1. The van der Waals surface area contributed by atoms with Crippen molar-refractivity contribution in [1.82, 2.24) is 5.32 Å². The predicted molar refractivity (Wildman–Crippen MR) is 74.6 cm³/mol. The Bertz CT molecular complexity index is 455. The summed E-state index contributed by atoms with van der Waals surface area (Å²) in [6.45, 7) is 2.14. The van der Waals surface area contributed by atoms with Gasteiger partial charge in [0, 0.05) is 12.1 Å². The molecule has 0 spiro atoms. The highest BCUT2D eigenvalue weighted by Crippen LogP contribution is 2.18. The van der Waals surface area contributed by atoms with Gasteiger partial charge in [0.15, 0.2) is 0 Å². The lowest BCUT2D eigenvalue weighted by atomic mass is 9.93. The average Bonchev–Trinajstić information content (AvgIpc) is 2.47. The fraction of sp³-hybridized carbons (Fsp3) is 0.467. The van der Waals surface area contributed by atoms with Crippen LogP contribution in [0.1, 0.15) is 31.2 Å². The second-order valence-corrected chi connectivity index (χ2v) is 4.97. The third-order valence-corrected chi connectivity index (χ3v) is 3.54. The van der Waals surface area contributed by atoms with Gasteiger partial charge in [-0.15, -0.1) is 0 Å². The van der Waals surface area contributed by atoms with Gasteiger partial charge in [-0.25, -0.2) is 0 Å². The van der Waals surface area contributed by atoms with Gasteiger partial charge in [-0.3, -0.25) is 4.79 Å². The van der Waals surface area contributed by atoms with Crippen LogP contribution in [0, 0.1) is 17.2 Å². The molecule has 19 heavy (non-hydrogen) atoms. The van der Waals surface area contributed by atoms with Crippen LogP contribution in [0.2, 0.25) is 0 Å². The molecule has 1 aromatic rings. The first-order chi connectivity index (χ1) is 9.28. The molecule has 1 aromatic carbocycles. The molecule has 4 heteroatoms. The van der Waals surface area contributed by atoms with Gasteiger partial charge >= 0.3 is 0 Å². The standard InChI is InChI=1S/C15H19N3O/c16-11-13-1-4-14(5-2-13)18-15(19)6-3-12-7-9-17-10-8-12/h1-2,4-5,12,17H,3,6-10H2,(H,18,19). The number of carbonyl (C=O) groups is 1. The van der Waals surface area contributed by atoms with E-state index >= 15 is 0 Å². The first kappa shape index (κ1) is 13.6. The third-order valence-electron chi connectivity index (χ3n) is 3.54. The van der Waals surface area contributed by atoms with Gasteiger partial charge in [0.2, 0.25) is 5.91 Å². The largest absolute Gasteiger partial charge is 0.326 e. The number of benzene rings is 1. The smallest absolute Gasteiger partial charge is 0.224 e. The number of rotatable bonds is 4. The molecule has 0 unspecified atom stereocenters. The number of nitrogens with zero attached hydrogens (tertiary/aromatic N) is 1. The molecule has 4 nitrogen and oxygen atoms in total. The van der Waals surface area contributed by atoms with Crippen molar-refractivity contribution >= 4 is 11.6 Å². The van der Waals surface area contributed by atoms with Crippen LogP contribution in [0.5, 0.6) is 0 Å². The summed E-state index contributed by atoms with van der Waals surface area (Å²) in [5, 5.41) is 14.9. The van der Waals surface area contributed by atoms with Gasteiger partial charge in [0.05, 0.1) is 11.6 Å². The van der Waals surface area contributed by atoms with Crippen LogP contribution < -0.4 is 10.6 Å². The maximum atomic E-state index is 11.8. The molecule has 1 saturated heterocycles. The van der Waals surface area contributed by atoms with E-state index in [9.17, 15) is 4.79 Å². The number of nitriles is 1.